The molecule has 0 bridgehead atoms. The van der Waals surface area contributed by atoms with Crippen LogP contribution in [0.15, 0.2) is 54.6 Å². The number of carbonyl (C=O) groups excluding carboxylic acids is 1. The first-order valence-electron chi connectivity index (χ1n) is 8.67. The van der Waals surface area contributed by atoms with Crippen LogP contribution in [0.3, 0.4) is 0 Å². The van der Waals surface area contributed by atoms with Crippen LogP contribution in [0.1, 0.15) is 49.9 Å². The molecule has 3 N–H and O–H groups in total. The summed E-state index contributed by atoms with van der Waals surface area (Å²) in [7, 11) is 0. The first-order chi connectivity index (χ1) is 11.4. The minimum atomic E-state index is -0.156. The van der Waals surface area contributed by atoms with Gasteiger partial charge in [0.15, 0.2) is 6.54 Å². The fourth-order valence-corrected chi connectivity index (χ4v) is 2.64. The van der Waals surface area contributed by atoms with Crippen molar-refractivity contribution >= 4 is 5.91 Å². The highest BCUT2D eigenvalue weighted by Gasteiger charge is 2.22. The summed E-state index contributed by atoms with van der Waals surface area (Å²) in [5.41, 5.74) is 3.52. The van der Waals surface area contributed by atoms with E-state index in [-0.39, 0.29) is 17.5 Å². The molecule has 0 heterocycles. The fourth-order valence-electron chi connectivity index (χ4n) is 2.64. The number of nitrogens with one attached hydrogen (secondary N) is 1. The second-order valence-corrected chi connectivity index (χ2v) is 7.02. The lowest BCUT2D eigenvalue weighted by Crippen LogP contribution is -2.88. The average molecular weight is 325 g/mol. The van der Waals surface area contributed by atoms with E-state index in [0.29, 0.717) is 6.54 Å². The van der Waals surface area contributed by atoms with Crippen LogP contribution < -0.4 is 10.6 Å². The molecule has 2 rings (SSSR count). The summed E-state index contributed by atoms with van der Waals surface area (Å²) >= 11 is 0. The summed E-state index contributed by atoms with van der Waals surface area (Å²) in [4.78, 5) is 12.3. The quantitative estimate of drug-likeness (QED) is 0.808. The van der Waals surface area contributed by atoms with Crippen LogP contribution in [0.2, 0.25) is 0 Å². The van der Waals surface area contributed by atoms with E-state index in [0.717, 1.165) is 6.42 Å². The van der Waals surface area contributed by atoms with Crippen molar-refractivity contribution in [3.63, 3.8) is 0 Å². The lowest BCUT2D eigenvalue weighted by Gasteiger charge is -2.24. The van der Waals surface area contributed by atoms with Gasteiger partial charge in [-0.05, 0) is 27.2 Å². The molecule has 2 aromatic rings. The molecule has 0 saturated heterocycles. The zero-order chi connectivity index (χ0) is 17.6. The van der Waals surface area contributed by atoms with E-state index in [2.05, 4.69) is 74.7 Å². The number of carbonyl (C=O) groups is 1. The molecule has 3 heteroatoms. The van der Waals surface area contributed by atoms with Gasteiger partial charge in [-0.15, -0.1) is 0 Å². The van der Waals surface area contributed by atoms with Crippen molar-refractivity contribution in [2.24, 2.45) is 0 Å². The second-order valence-electron chi connectivity index (χ2n) is 7.02. The summed E-state index contributed by atoms with van der Waals surface area (Å²) in [5.74, 6) is 0.0786. The smallest absolute Gasteiger partial charge is 0.275 e. The number of aryl methyl sites for hydroxylation is 1. The van der Waals surface area contributed by atoms with E-state index in [4.69, 9.17) is 0 Å². The zero-order valence-electron chi connectivity index (χ0n) is 15.2. The van der Waals surface area contributed by atoms with Crippen LogP contribution in [-0.4, -0.2) is 18.0 Å². The van der Waals surface area contributed by atoms with E-state index in [1.807, 2.05) is 18.2 Å². The van der Waals surface area contributed by atoms with Crippen LogP contribution in [0.4, 0.5) is 0 Å². The van der Waals surface area contributed by atoms with E-state index < -0.39 is 0 Å². The van der Waals surface area contributed by atoms with Crippen LogP contribution in [0.5, 0.6) is 0 Å². The first kappa shape index (κ1) is 18.2. The minimum Gasteiger partial charge on any atom is -0.346 e. The number of benzene rings is 2. The Hall–Kier alpha value is -2.13. The third-order valence-corrected chi connectivity index (χ3v) is 4.50. The molecule has 0 aliphatic rings. The van der Waals surface area contributed by atoms with Crippen LogP contribution in [-0.2, 0) is 4.79 Å². The predicted molar refractivity (Wildman–Crippen MR) is 98.8 cm³/mol. The molecule has 24 heavy (non-hydrogen) atoms. The third kappa shape index (κ3) is 5.20. The van der Waals surface area contributed by atoms with E-state index in [1.54, 1.807) is 0 Å². The molecule has 1 amide bonds. The summed E-state index contributed by atoms with van der Waals surface area (Å²) in [6, 6.07) is 19.0. The van der Waals surface area contributed by atoms with Crippen molar-refractivity contribution < 1.29 is 10.1 Å². The van der Waals surface area contributed by atoms with Crippen LogP contribution >= 0.6 is 0 Å². The molecule has 2 aromatic carbocycles. The first-order valence-corrected chi connectivity index (χ1v) is 8.67. The highest BCUT2D eigenvalue weighted by atomic mass is 16.2. The van der Waals surface area contributed by atoms with Crippen molar-refractivity contribution in [3.05, 3.63) is 71.3 Å². The van der Waals surface area contributed by atoms with Gasteiger partial charge in [-0.25, -0.2) is 0 Å². The predicted octanol–water partition coefficient (Wildman–Crippen LogP) is 2.95. The van der Waals surface area contributed by atoms with E-state index in [9.17, 15) is 4.79 Å². The van der Waals surface area contributed by atoms with Gasteiger partial charge in [0, 0.05) is 16.7 Å². The molecule has 0 saturated carbocycles. The molecule has 0 spiro atoms. The standard InChI is InChI=1S/C21H28N2O/c1-5-21(3,4)23-19(24)15-22-20(17-9-7-6-8-10-17)18-13-11-16(2)12-14-18/h6-14,20,22H,5,15H2,1-4H3,(H,23,24)/p+1/t20-/m1/s1. The van der Waals surface area contributed by atoms with Crippen molar-refractivity contribution in [1.29, 1.82) is 0 Å². The molecule has 3 nitrogen and oxygen atoms in total. The van der Waals surface area contributed by atoms with Gasteiger partial charge in [-0.1, -0.05) is 67.1 Å². The third-order valence-electron chi connectivity index (χ3n) is 4.50. The lowest BCUT2D eigenvalue weighted by molar-refractivity contribution is -0.676. The van der Waals surface area contributed by atoms with Gasteiger partial charge >= 0.3 is 0 Å². The van der Waals surface area contributed by atoms with Gasteiger partial charge in [0.05, 0.1) is 0 Å². The molecule has 1 atom stereocenters. The van der Waals surface area contributed by atoms with Gasteiger partial charge < -0.3 is 10.6 Å². The maximum atomic E-state index is 12.3. The number of hydrogen-bond donors (Lipinski definition) is 2. The molecular formula is C21H29N2O+. The highest BCUT2D eigenvalue weighted by Crippen LogP contribution is 2.18. The van der Waals surface area contributed by atoms with Gasteiger partial charge in [0.2, 0.25) is 0 Å². The molecule has 0 aliphatic heterocycles. The summed E-state index contributed by atoms with van der Waals surface area (Å²) < 4.78 is 0. The Labute approximate surface area is 145 Å². The average Bonchev–Trinajstić information content (AvgIpc) is 2.57. The van der Waals surface area contributed by atoms with Crippen LogP contribution in [0.25, 0.3) is 0 Å². The Balaban J connectivity index is 2.13. The summed E-state index contributed by atoms with van der Waals surface area (Å²) in [6.45, 7) is 8.70. The Morgan fingerprint density at radius 3 is 2.21 bits per heavy atom. The largest absolute Gasteiger partial charge is 0.346 e. The van der Waals surface area contributed by atoms with E-state index >= 15 is 0 Å². The van der Waals surface area contributed by atoms with Crippen molar-refractivity contribution in [2.45, 2.75) is 45.7 Å². The maximum Gasteiger partial charge on any atom is 0.275 e. The van der Waals surface area contributed by atoms with Gasteiger partial charge in [-0.2, -0.15) is 0 Å². The Kier molecular flexibility index (Phi) is 6.16. The topological polar surface area (TPSA) is 45.7 Å². The monoisotopic (exact) mass is 325 g/mol. The maximum absolute atomic E-state index is 12.3. The number of hydrogen-bond acceptors (Lipinski definition) is 1. The molecular weight excluding hydrogens is 296 g/mol. The van der Waals surface area contributed by atoms with Crippen molar-refractivity contribution in [2.75, 3.05) is 6.54 Å². The van der Waals surface area contributed by atoms with Crippen LogP contribution in [0, 0.1) is 6.92 Å². The molecule has 0 fully saturated rings. The fraction of sp³-hybridized carbons (Fsp3) is 0.381. The van der Waals surface area contributed by atoms with E-state index in [1.165, 1.54) is 16.7 Å². The number of nitrogens with two attached hydrogens (primary N) is 1. The number of amides is 1. The molecule has 0 unspecified atom stereocenters. The van der Waals surface area contributed by atoms with Crippen molar-refractivity contribution in [1.82, 2.24) is 5.32 Å². The minimum absolute atomic E-state index is 0.0786. The lowest BCUT2D eigenvalue weighted by atomic mass is 9.97. The number of quaternary nitrogens is 1. The van der Waals surface area contributed by atoms with Gasteiger partial charge in [0.25, 0.3) is 5.91 Å². The second kappa shape index (κ2) is 8.11. The Morgan fingerprint density at radius 2 is 1.62 bits per heavy atom. The molecule has 0 aliphatic carbocycles. The Bertz CT molecular complexity index is 647. The van der Waals surface area contributed by atoms with Gasteiger partial charge in [-0.3, -0.25) is 4.79 Å². The Morgan fingerprint density at radius 1 is 1.04 bits per heavy atom. The molecule has 0 radical (unpaired) electrons. The van der Waals surface area contributed by atoms with Crippen molar-refractivity contribution in [3.8, 4) is 0 Å². The molecule has 0 aromatic heterocycles. The summed E-state index contributed by atoms with van der Waals surface area (Å²) in [5, 5.41) is 5.22. The SMILES string of the molecule is CCC(C)(C)NC(=O)C[NH2+][C@H](c1ccccc1)c1ccc(C)cc1. The summed E-state index contributed by atoms with van der Waals surface area (Å²) in [6.07, 6.45) is 0.915. The molecule has 128 valence electrons. The highest BCUT2D eigenvalue weighted by molar-refractivity contribution is 5.77. The number of rotatable bonds is 7. The van der Waals surface area contributed by atoms with Gasteiger partial charge in [0.1, 0.15) is 6.04 Å². The zero-order valence-corrected chi connectivity index (χ0v) is 15.2. The normalized spacial score (nSPS) is 12.7.